The minimum atomic E-state index is -3.08. The SMILES string of the molecule is CC1(NC(=O)CNC2(C(=O)O)CCC2)CCS(=O)(=O)C1. The van der Waals surface area contributed by atoms with Crippen LogP contribution in [0.4, 0.5) is 0 Å². The largest absolute Gasteiger partial charge is 0.480 e. The van der Waals surface area contributed by atoms with E-state index in [1.165, 1.54) is 0 Å². The molecule has 2 fully saturated rings. The van der Waals surface area contributed by atoms with Crippen LogP contribution in [0.25, 0.3) is 0 Å². The van der Waals surface area contributed by atoms with E-state index in [4.69, 9.17) is 5.11 Å². The van der Waals surface area contributed by atoms with Gasteiger partial charge in [0.05, 0.1) is 23.6 Å². The lowest BCUT2D eigenvalue weighted by atomic mass is 9.77. The van der Waals surface area contributed by atoms with Crippen LogP contribution in [0.2, 0.25) is 0 Å². The Hall–Kier alpha value is -1.15. The maximum atomic E-state index is 11.9. The van der Waals surface area contributed by atoms with Gasteiger partial charge in [-0.25, -0.2) is 8.42 Å². The fraction of sp³-hybridized carbons (Fsp3) is 0.833. The summed E-state index contributed by atoms with van der Waals surface area (Å²) in [7, 11) is -3.08. The molecular weight excluding hydrogens is 284 g/mol. The van der Waals surface area contributed by atoms with Crippen LogP contribution >= 0.6 is 0 Å². The van der Waals surface area contributed by atoms with E-state index in [2.05, 4.69) is 10.6 Å². The van der Waals surface area contributed by atoms with Crippen molar-refractivity contribution in [3.8, 4) is 0 Å². The van der Waals surface area contributed by atoms with E-state index in [1.54, 1.807) is 6.92 Å². The highest BCUT2D eigenvalue weighted by atomic mass is 32.2. The van der Waals surface area contributed by atoms with E-state index in [1.807, 2.05) is 0 Å². The molecule has 1 atom stereocenters. The van der Waals surface area contributed by atoms with Crippen LogP contribution < -0.4 is 10.6 Å². The van der Waals surface area contributed by atoms with Crippen molar-refractivity contribution in [1.82, 2.24) is 10.6 Å². The van der Waals surface area contributed by atoms with E-state index >= 15 is 0 Å². The molecule has 1 aliphatic heterocycles. The molecule has 0 spiro atoms. The molecule has 7 nitrogen and oxygen atoms in total. The van der Waals surface area contributed by atoms with Crippen molar-refractivity contribution in [2.45, 2.75) is 43.7 Å². The molecule has 20 heavy (non-hydrogen) atoms. The monoisotopic (exact) mass is 304 g/mol. The van der Waals surface area contributed by atoms with Crippen molar-refractivity contribution < 1.29 is 23.1 Å². The van der Waals surface area contributed by atoms with Crippen LogP contribution in [-0.2, 0) is 19.4 Å². The number of rotatable bonds is 5. The molecule has 1 aliphatic carbocycles. The normalized spacial score (nSPS) is 30.4. The Morgan fingerprint density at radius 3 is 2.30 bits per heavy atom. The fourth-order valence-corrected chi connectivity index (χ4v) is 4.83. The van der Waals surface area contributed by atoms with Crippen molar-refractivity contribution >= 4 is 21.7 Å². The molecule has 8 heteroatoms. The highest BCUT2D eigenvalue weighted by Gasteiger charge is 2.45. The third-order valence-corrected chi connectivity index (χ3v) is 6.05. The van der Waals surface area contributed by atoms with Crippen molar-refractivity contribution in [2.24, 2.45) is 0 Å². The summed E-state index contributed by atoms with van der Waals surface area (Å²) < 4.78 is 22.9. The Morgan fingerprint density at radius 1 is 1.25 bits per heavy atom. The summed E-state index contributed by atoms with van der Waals surface area (Å²) in [6, 6.07) is 0. The molecule has 1 amide bonds. The smallest absolute Gasteiger partial charge is 0.323 e. The molecular formula is C12H20N2O5S. The van der Waals surface area contributed by atoms with E-state index in [0.717, 1.165) is 6.42 Å². The lowest BCUT2D eigenvalue weighted by molar-refractivity contribution is -0.149. The quantitative estimate of drug-likeness (QED) is 0.618. The number of carboxylic acid groups (broad SMARTS) is 1. The third-order valence-electron chi connectivity index (χ3n) is 4.15. The van der Waals surface area contributed by atoms with Gasteiger partial charge < -0.3 is 10.4 Å². The minimum absolute atomic E-state index is 0.0597. The summed E-state index contributed by atoms with van der Waals surface area (Å²) in [6.07, 6.45) is 2.25. The van der Waals surface area contributed by atoms with Gasteiger partial charge >= 0.3 is 5.97 Å². The Labute approximate surface area is 118 Å². The number of hydrogen-bond acceptors (Lipinski definition) is 5. The van der Waals surface area contributed by atoms with Gasteiger partial charge in [0.2, 0.25) is 5.91 Å². The first kappa shape index (κ1) is 15.2. The fourth-order valence-electron chi connectivity index (χ4n) is 2.74. The van der Waals surface area contributed by atoms with Gasteiger partial charge in [0.25, 0.3) is 0 Å². The highest BCUT2D eigenvalue weighted by molar-refractivity contribution is 7.91. The standard InChI is InChI=1S/C12H20N2O5S/c1-11(5-6-20(18,19)8-11)14-9(15)7-13-12(10(16)17)3-2-4-12/h13H,2-8H2,1H3,(H,14,15)(H,16,17). The second kappa shape index (κ2) is 5.00. The average molecular weight is 304 g/mol. The van der Waals surface area contributed by atoms with Gasteiger partial charge in [-0.2, -0.15) is 0 Å². The second-order valence-corrected chi connectivity index (χ2v) is 8.23. The maximum Gasteiger partial charge on any atom is 0.323 e. The van der Waals surface area contributed by atoms with Crippen molar-refractivity contribution in [3.63, 3.8) is 0 Å². The topological polar surface area (TPSA) is 113 Å². The molecule has 1 saturated heterocycles. The number of carbonyl (C=O) groups is 2. The lowest BCUT2D eigenvalue weighted by Crippen LogP contribution is -2.60. The summed E-state index contributed by atoms with van der Waals surface area (Å²) >= 11 is 0. The van der Waals surface area contributed by atoms with Gasteiger partial charge in [0.1, 0.15) is 5.54 Å². The van der Waals surface area contributed by atoms with Crippen LogP contribution in [0.15, 0.2) is 0 Å². The average Bonchev–Trinajstić information content (AvgIpc) is 2.50. The minimum Gasteiger partial charge on any atom is -0.480 e. The van der Waals surface area contributed by atoms with Crippen LogP contribution in [0, 0.1) is 0 Å². The zero-order chi connectivity index (χ0) is 15.0. The van der Waals surface area contributed by atoms with E-state index in [0.29, 0.717) is 19.3 Å². The number of aliphatic carboxylic acids is 1. The molecule has 114 valence electrons. The van der Waals surface area contributed by atoms with Crippen LogP contribution in [0.5, 0.6) is 0 Å². The Kier molecular flexibility index (Phi) is 3.81. The Bertz CT molecular complexity index is 526. The molecule has 0 aromatic rings. The number of nitrogens with one attached hydrogen (secondary N) is 2. The van der Waals surface area contributed by atoms with Crippen LogP contribution in [-0.4, -0.2) is 54.5 Å². The molecule has 2 aliphatic rings. The predicted molar refractivity (Wildman–Crippen MR) is 72.0 cm³/mol. The summed E-state index contributed by atoms with van der Waals surface area (Å²) in [5.41, 5.74) is -1.73. The zero-order valence-electron chi connectivity index (χ0n) is 11.4. The molecule has 0 aromatic heterocycles. The number of amides is 1. The van der Waals surface area contributed by atoms with Gasteiger partial charge in [-0.05, 0) is 32.6 Å². The van der Waals surface area contributed by atoms with E-state index in [9.17, 15) is 18.0 Å². The van der Waals surface area contributed by atoms with Crippen molar-refractivity contribution in [1.29, 1.82) is 0 Å². The number of hydrogen-bond donors (Lipinski definition) is 3. The number of carboxylic acids is 1. The second-order valence-electron chi connectivity index (χ2n) is 6.05. The predicted octanol–water partition coefficient (Wildman–Crippen LogP) is -0.723. The summed E-state index contributed by atoms with van der Waals surface area (Å²) in [4.78, 5) is 23.0. The zero-order valence-corrected chi connectivity index (χ0v) is 12.3. The first-order valence-corrected chi connectivity index (χ1v) is 8.49. The molecule has 1 heterocycles. The highest BCUT2D eigenvalue weighted by Crippen LogP contribution is 2.31. The molecule has 0 aromatic carbocycles. The van der Waals surface area contributed by atoms with Crippen LogP contribution in [0.3, 0.4) is 0 Å². The van der Waals surface area contributed by atoms with Gasteiger partial charge in [-0.3, -0.25) is 14.9 Å². The molecule has 1 unspecified atom stereocenters. The van der Waals surface area contributed by atoms with Gasteiger partial charge in [-0.1, -0.05) is 0 Å². The molecule has 0 bridgehead atoms. The van der Waals surface area contributed by atoms with Crippen molar-refractivity contribution in [3.05, 3.63) is 0 Å². The first-order chi connectivity index (χ1) is 9.17. The summed E-state index contributed by atoms with van der Waals surface area (Å²) in [5.74, 6) is -1.28. The molecule has 0 radical (unpaired) electrons. The Morgan fingerprint density at radius 2 is 1.90 bits per heavy atom. The Balaban J connectivity index is 1.86. The molecule has 2 rings (SSSR count). The third kappa shape index (κ3) is 3.12. The van der Waals surface area contributed by atoms with Crippen molar-refractivity contribution in [2.75, 3.05) is 18.1 Å². The first-order valence-electron chi connectivity index (χ1n) is 6.66. The molecule has 3 N–H and O–H groups in total. The maximum absolute atomic E-state index is 11.9. The van der Waals surface area contributed by atoms with E-state index in [-0.39, 0.29) is 24.0 Å². The summed E-state index contributed by atoms with van der Waals surface area (Å²) in [5, 5.41) is 14.6. The van der Waals surface area contributed by atoms with Gasteiger partial charge in [0, 0.05) is 0 Å². The lowest BCUT2D eigenvalue weighted by Gasteiger charge is -2.38. The number of carbonyl (C=O) groups excluding carboxylic acids is 1. The van der Waals surface area contributed by atoms with Crippen LogP contribution in [0.1, 0.15) is 32.6 Å². The molecule has 1 saturated carbocycles. The van der Waals surface area contributed by atoms with Gasteiger partial charge in [0.15, 0.2) is 9.84 Å². The van der Waals surface area contributed by atoms with Gasteiger partial charge in [-0.15, -0.1) is 0 Å². The summed E-state index contributed by atoms with van der Waals surface area (Å²) in [6.45, 7) is 1.59. The number of sulfone groups is 1. The van der Waals surface area contributed by atoms with E-state index < -0.39 is 26.9 Å².